The first kappa shape index (κ1) is 17.3. The Labute approximate surface area is 147 Å². The van der Waals surface area contributed by atoms with Crippen molar-refractivity contribution in [2.45, 2.75) is 0 Å². The largest absolute Gasteiger partial charge is 0.465 e. The van der Waals surface area contributed by atoms with Crippen molar-refractivity contribution in [1.82, 2.24) is 0 Å². The molecule has 0 aliphatic heterocycles. The van der Waals surface area contributed by atoms with Crippen LogP contribution in [0.25, 0.3) is 0 Å². The molecular formula is C16H14BrClN2O3. The number of methoxy groups -OCH3 is 1. The minimum Gasteiger partial charge on any atom is -0.465 e. The Bertz CT molecular complexity index is 737. The second-order valence-corrected chi connectivity index (χ2v) is 5.92. The summed E-state index contributed by atoms with van der Waals surface area (Å²) in [5.41, 5.74) is 1.48. The Kier molecular flexibility index (Phi) is 6.01. The van der Waals surface area contributed by atoms with Gasteiger partial charge in [-0.1, -0.05) is 33.6 Å². The number of nitrogens with one attached hydrogen (secondary N) is 2. The van der Waals surface area contributed by atoms with Gasteiger partial charge in [0.2, 0.25) is 5.91 Å². The number of amides is 1. The monoisotopic (exact) mass is 396 g/mol. The Morgan fingerprint density at radius 1 is 1.22 bits per heavy atom. The Balaban J connectivity index is 2.01. The zero-order valence-electron chi connectivity index (χ0n) is 12.2. The van der Waals surface area contributed by atoms with Gasteiger partial charge in [-0.25, -0.2) is 4.79 Å². The third kappa shape index (κ3) is 4.97. The maximum absolute atomic E-state index is 12.0. The van der Waals surface area contributed by atoms with E-state index >= 15 is 0 Å². The summed E-state index contributed by atoms with van der Waals surface area (Å²) in [6, 6.07) is 12.0. The Hall–Kier alpha value is -2.05. The summed E-state index contributed by atoms with van der Waals surface area (Å²) in [6.07, 6.45) is 0. The number of carbonyl (C=O) groups is 2. The minimum atomic E-state index is -0.496. The molecule has 0 heterocycles. The molecule has 0 saturated carbocycles. The van der Waals surface area contributed by atoms with E-state index in [1.165, 1.54) is 25.3 Å². The number of rotatable bonds is 5. The lowest BCUT2D eigenvalue weighted by Crippen LogP contribution is -2.22. The van der Waals surface area contributed by atoms with Crippen LogP contribution >= 0.6 is 27.5 Å². The van der Waals surface area contributed by atoms with Gasteiger partial charge in [0.1, 0.15) is 0 Å². The number of halogens is 2. The van der Waals surface area contributed by atoms with Gasteiger partial charge in [-0.2, -0.15) is 0 Å². The zero-order chi connectivity index (χ0) is 16.8. The van der Waals surface area contributed by atoms with Gasteiger partial charge in [0.25, 0.3) is 0 Å². The van der Waals surface area contributed by atoms with Gasteiger partial charge in [-0.15, -0.1) is 0 Å². The van der Waals surface area contributed by atoms with E-state index in [4.69, 9.17) is 11.6 Å². The highest BCUT2D eigenvalue weighted by atomic mass is 79.9. The lowest BCUT2D eigenvalue weighted by atomic mass is 10.2. The van der Waals surface area contributed by atoms with Crippen LogP contribution < -0.4 is 10.6 Å². The lowest BCUT2D eigenvalue weighted by Gasteiger charge is -2.10. The van der Waals surface area contributed by atoms with Gasteiger partial charge in [-0.05, 0) is 36.4 Å². The van der Waals surface area contributed by atoms with E-state index in [0.29, 0.717) is 16.3 Å². The molecule has 0 aromatic heterocycles. The van der Waals surface area contributed by atoms with E-state index in [1.54, 1.807) is 0 Å². The van der Waals surface area contributed by atoms with E-state index in [-0.39, 0.29) is 12.5 Å². The molecule has 2 rings (SSSR count). The highest BCUT2D eigenvalue weighted by Crippen LogP contribution is 2.23. The molecule has 0 aliphatic rings. The molecule has 0 saturated heterocycles. The van der Waals surface area contributed by atoms with Crippen LogP contribution in [0.15, 0.2) is 46.9 Å². The van der Waals surface area contributed by atoms with Crippen molar-refractivity contribution in [2.75, 3.05) is 24.3 Å². The smallest absolute Gasteiger partial charge is 0.337 e. The van der Waals surface area contributed by atoms with Gasteiger partial charge in [0, 0.05) is 10.2 Å². The van der Waals surface area contributed by atoms with E-state index < -0.39 is 5.97 Å². The highest BCUT2D eigenvalue weighted by molar-refractivity contribution is 9.10. The predicted octanol–water partition coefficient (Wildman–Crippen LogP) is 3.94. The first-order chi connectivity index (χ1) is 11.0. The molecule has 0 aliphatic carbocycles. The number of carbonyl (C=O) groups excluding carboxylic acids is 2. The summed E-state index contributed by atoms with van der Waals surface area (Å²) in [7, 11) is 1.29. The number of ether oxygens (including phenoxy) is 1. The van der Waals surface area contributed by atoms with E-state index in [2.05, 4.69) is 31.3 Å². The molecule has 0 fully saturated rings. The Morgan fingerprint density at radius 3 is 2.70 bits per heavy atom. The second kappa shape index (κ2) is 7.99. The van der Waals surface area contributed by atoms with Crippen molar-refractivity contribution in [3.05, 3.63) is 57.5 Å². The van der Waals surface area contributed by atoms with Gasteiger partial charge in [-0.3, -0.25) is 4.79 Å². The lowest BCUT2D eigenvalue weighted by molar-refractivity contribution is -0.114. The normalized spacial score (nSPS) is 10.0. The molecule has 0 radical (unpaired) electrons. The molecule has 2 aromatic rings. The van der Waals surface area contributed by atoms with E-state index in [1.807, 2.05) is 24.3 Å². The predicted molar refractivity (Wildman–Crippen MR) is 94.1 cm³/mol. The first-order valence-electron chi connectivity index (χ1n) is 6.67. The van der Waals surface area contributed by atoms with Crippen molar-refractivity contribution < 1.29 is 14.3 Å². The summed E-state index contributed by atoms with van der Waals surface area (Å²) < 4.78 is 5.55. The molecule has 1 amide bonds. The van der Waals surface area contributed by atoms with Gasteiger partial charge >= 0.3 is 5.97 Å². The van der Waals surface area contributed by atoms with Crippen LogP contribution in [-0.4, -0.2) is 25.5 Å². The molecule has 7 heteroatoms. The molecule has 0 atom stereocenters. The van der Waals surface area contributed by atoms with Crippen molar-refractivity contribution in [1.29, 1.82) is 0 Å². The number of benzene rings is 2. The molecule has 0 unspecified atom stereocenters. The van der Waals surface area contributed by atoms with Crippen LogP contribution in [0.4, 0.5) is 11.4 Å². The third-order valence-corrected chi connectivity index (χ3v) is 3.76. The molecule has 120 valence electrons. The van der Waals surface area contributed by atoms with Gasteiger partial charge in [0.05, 0.1) is 29.9 Å². The van der Waals surface area contributed by atoms with Gasteiger partial charge < -0.3 is 15.4 Å². The first-order valence-corrected chi connectivity index (χ1v) is 7.84. The zero-order valence-corrected chi connectivity index (χ0v) is 14.6. The maximum atomic E-state index is 12.0. The highest BCUT2D eigenvalue weighted by Gasteiger charge is 2.11. The summed E-state index contributed by atoms with van der Waals surface area (Å²) in [6.45, 7) is 0.0647. The van der Waals surface area contributed by atoms with E-state index in [0.717, 1.165) is 10.2 Å². The van der Waals surface area contributed by atoms with Crippen molar-refractivity contribution >= 4 is 50.8 Å². The standard InChI is InChI=1S/C16H14BrClN2O3/c1-23-16(22)10-5-6-13(18)14(7-10)20-15(21)9-19-12-4-2-3-11(17)8-12/h2-8,19H,9H2,1H3,(H,20,21). The molecule has 23 heavy (non-hydrogen) atoms. The minimum absolute atomic E-state index is 0.0647. The van der Waals surface area contributed by atoms with Crippen LogP contribution in [0.3, 0.4) is 0 Å². The summed E-state index contributed by atoms with van der Waals surface area (Å²) >= 11 is 9.39. The number of anilines is 2. The Morgan fingerprint density at radius 2 is 2.00 bits per heavy atom. The number of esters is 1. The van der Waals surface area contributed by atoms with Crippen LogP contribution in [0.1, 0.15) is 10.4 Å². The van der Waals surface area contributed by atoms with Crippen molar-refractivity contribution in [3.8, 4) is 0 Å². The molecule has 0 spiro atoms. The molecule has 0 bridgehead atoms. The molecule has 2 N–H and O–H groups in total. The second-order valence-electron chi connectivity index (χ2n) is 4.60. The van der Waals surface area contributed by atoms with Gasteiger partial charge in [0.15, 0.2) is 0 Å². The van der Waals surface area contributed by atoms with E-state index in [9.17, 15) is 9.59 Å². The SMILES string of the molecule is COC(=O)c1ccc(Cl)c(NC(=O)CNc2cccc(Br)c2)c1. The maximum Gasteiger partial charge on any atom is 0.337 e. The number of hydrogen-bond donors (Lipinski definition) is 2. The fraction of sp³-hybridized carbons (Fsp3) is 0.125. The fourth-order valence-electron chi connectivity index (χ4n) is 1.84. The number of hydrogen-bond acceptors (Lipinski definition) is 4. The van der Waals surface area contributed by atoms with Crippen LogP contribution in [0.5, 0.6) is 0 Å². The van der Waals surface area contributed by atoms with Crippen LogP contribution in [0, 0.1) is 0 Å². The molecule has 5 nitrogen and oxygen atoms in total. The fourth-order valence-corrected chi connectivity index (χ4v) is 2.41. The summed E-state index contributed by atoms with van der Waals surface area (Å²) in [4.78, 5) is 23.5. The quantitative estimate of drug-likeness (QED) is 0.750. The molecular weight excluding hydrogens is 384 g/mol. The summed E-state index contributed by atoms with van der Waals surface area (Å²) in [5, 5.41) is 6.00. The summed E-state index contributed by atoms with van der Waals surface area (Å²) in [5.74, 6) is -0.779. The van der Waals surface area contributed by atoms with Crippen molar-refractivity contribution in [2.24, 2.45) is 0 Å². The topological polar surface area (TPSA) is 67.4 Å². The average molecular weight is 398 g/mol. The molecule has 2 aromatic carbocycles. The third-order valence-electron chi connectivity index (χ3n) is 2.94. The van der Waals surface area contributed by atoms with Crippen LogP contribution in [-0.2, 0) is 9.53 Å². The van der Waals surface area contributed by atoms with Crippen LogP contribution in [0.2, 0.25) is 5.02 Å². The van der Waals surface area contributed by atoms with Crippen molar-refractivity contribution in [3.63, 3.8) is 0 Å². The average Bonchev–Trinajstić information content (AvgIpc) is 2.54.